The van der Waals surface area contributed by atoms with Gasteiger partial charge in [-0.3, -0.25) is 19.8 Å². The summed E-state index contributed by atoms with van der Waals surface area (Å²) in [6, 6.07) is 1.44. The Labute approximate surface area is 112 Å². The van der Waals surface area contributed by atoms with Gasteiger partial charge >= 0.3 is 5.69 Å². The lowest BCUT2D eigenvalue weighted by molar-refractivity contribution is -0.384. The molecular weight excluding hydrogens is 302 g/mol. The predicted octanol–water partition coefficient (Wildman–Crippen LogP) is 2.05. The molecule has 0 saturated carbocycles. The van der Waals surface area contributed by atoms with Crippen molar-refractivity contribution in [2.45, 2.75) is 13.3 Å². The van der Waals surface area contributed by atoms with Crippen LogP contribution in [0.15, 0.2) is 12.3 Å². The van der Waals surface area contributed by atoms with E-state index in [1.807, 2.05) is 0 Å². The van der Waals surface area contributed by atoms with Gasteiger partial charge in [-0.05, 0) is 18.4 Å². The Balaban J connectivity index is 2.39. The molecule has 0 bridgehead atoms. The molecule has 1 amide bonds. The van der Waals surface area contributed by atoms with Gasteiger partial charge in [0.05, 0.1) is 4.92 Å². The molecule has 6 nitrogen and oxygen atoms in total. The smallest absolute Gasteiger partial charge is 0.291 e. The second-order valence-corrected chi connectivity index (χ2v) is 4.99. The summed E-state index contributed by atoms with van der Waals surface area (Å²) in [5, 5.41) is 11.7. The summed E-state index contributed by atoms with van der Waals surface area (Å²) in [5.41, 5.74) is 0.590. The van der Waals surface area contributed by atoms with E-state index in [2.05, 4.69) is 20.9 Å². The molecule has 2 heterocycles. The minimum atomic E-state index is -0.496. The zero-order valence-electron chi connectivity index (χ0n) is 9.80. The summed E-state index contributed by atoms with van der Waals surface area (Å²) < 4.78 is 0. The molecule has 0 aromatic carbocycles. The van der Waals surface area contributed by atoms with Crippen molar-refractivity contribution in [3.8, 4) is 0 Å². The monoisotopic (exact) mass is 313 g/mol. The Morgan fingerprint density at radius 3 is 2.94 bits per heavy atom. The van der Waals surface area contributed by atoms with Crippen molar-refractivity contribution in [3.05, 3.63) is 27.9 Å². The molecule has 1 aromatic rings. The number of anilines is 1. The van der Waals surface area contributed by atoms with Crippen molar-refractivity contribution < 1.29 is 9.72 Å². The van der Waals surface area contributed by atoms with Gasteiger partial charge in [0.25, 0.3) is 0 Å². The highest BCUT2D eigenvalue weighted by Crippen LogP contribution is 2.31. The minimum absolute atomic E-state index is 0.112. The molecule has 1 aliphatic rings. The molecule has 1 fully saturated rings. The summed E-state index contributed by atoms with van der Waals surface area (Å²) in [5.74, 6) is 0.221. The van der Waals surface area contributed by atoms with E-state index in [4.69, 9.17) is 0 Å². The summed E-state index contributed by atoms with van der Waals surface area (Å²) in [6.45, 7) is 2.21. The first-order valence-electron chi connectivity index (χ1n) is 5.50. The van der Waals surface area contributed by atoms with Crippen LogP contribution in [0.3, 0.4) is 0 Å². The van der Waals surface area contributed by atoms with E-state index in [1.165, 1.54) is 17.2 Å². The Morgan fingerprint density at radius 2 is 2.39 bits per heavy atom. The quantitative estimate of drug-likeness (QED) is 0.486. The summed E-state index contributed by atoms with van der Waals surface area (Å²) in [7, 11) is 0. The van der Waals surface area contributed by atoms with Gasteiger partial charge in [-0.25, -0.2) is 4.98 Å². The fourth-order valence-electron chi connectivity index (χ4n) is 1.98. The van der Waals surface area contributed by atoms with Crippen molar-refractivity contribution >= 4 is 33.3 Å². The van der Waals surface area contributed by atoms with E-state index in [0.29, 0.717) is 23.9 Å². The van der Waals surface area contributed by atoms with Gasteiger partial charge < -0.3 is 0 Å². The maximum atomic E-state index is 11.8. The molecule has 1 aromatic heterocycles. The van der Waals surface area contributed by atoms with Gasteiger partial charge in [0.2, 0.25) is 11.7 Å². The number of hydrogen-bond acceptors (Lipinski definition) is 4. The second-order valence-electron chi connectivity index (χ2n) is 4.34. The third-order valence-corrected chi connectivity index (χ3v) is 3.78. The number of carbonyl (C=O) groups is 1. The number of hydrogen-bond donors (Lipinski definition) is 0. The lowest BCUT2D eigenvalue weighted by Gasteiger charge is -2.15. The van der Waals surface area contributed by atoms with Gasteiger partial charge in [-0.15, -0.1) is 0 Å². The van der Waals surface area contributed by atoms with Crippen molar-refractivity contribution in [1.82, 2.24) is 4.98 Å². The number of alkyl halides is 1. The van der Waals surface area contributed by atoms with E-state index in [-0.39, 0.29) is 23.3 Å². The molecule has 2 rings (SSSR count). The van der Waals surface area contributed by atoms with Crippen LogP contribution in [0.4, 0.5) is 11.5 Å². The summed E-state index contributed by atoms with van der Waals surface area (Å²) in [4.78, 5) is 27.8. The van der Waals surface area contributed by atoms with Crippen molar-refractivity contribution in [1.29, 1.82) is 0 Å². The molecule has 1 aliphatic heterocycles. The van der Waals surface area contributed by atoms with Crippen LogP contribution < -0.4 is 4.90 Å². The Morgan fingerprint density at radius 1 is 1.67 bits per heavy atom. The van der Waals surface area contributed by atoms with Crippen LogP contribution in [-0.4, -0.2) is 27.7 Å². The Bertz CT molecular complexity index is 506. The zero-order chi connectivity index (χ0) is 13.3. The number of amides is 1. The van der Waals surface area contributed by atoms with E-state index >= 15 is 0 Å². The van der Waals surface area contributed by atoms with Gasteiger partial charge in [0.1, 0.15) is 0 Å². The lowest BCUT2D eigenvalue weighted by atomic mass is 10.2. The number of carbonyl (C=O) groups excluding carboxylic acids is 1. The molecule has 96 valence electrons. The van der Waals surface area contributed by atoms with Gasteiger partial charge in [-0.1, -0.05) is 15.9 Å². The summed E-state index contributed by atoms with van der Waals surface area (Å²) in [6.07, 6.45) is 1.94. The SMILES string of the molecule is Cc1cnc(N2CC(CBr)CC2=O)c([N+](=O)[O-])c1. The number of rotatable bonds is 3. The predicted molar refractivity (Wildman–Crippen MR) is 69.9 cm³/mol. The van der Waals surface area contributed by atoms with E-state index < -0.39 is 4.92 Å². The molecular formula is C11H12BrN3O3. The van der Waals surface area contributed by atoms with Crippen molar-refractivity contribution in [2.75, 3.05) is 16.8 Å². The number of aryl methyl sites for hydroxylation is 1. The number of pyridine rings is 1. The fraction of sp³-hybridized carbons (Fsp3) is 0.455. The van der Waals surface area contributed by atoms with Crippen LogP contribution in [-0.2, 0) is 4.79 Å². The Hall–Kier alpha value is -1.50. The van der Waals surface area contributed by atoms with Gasteiger partial charge in [0, 0.05) is 30.6 Å². The highest BCUT2D eigenvalue weighted by Gasteiger charge is 2.34. The molecule has 1 atom stereocenters. The maximum Gasteiger partial charge on any atom is 0.312 e. The third-order valence-electron chi connectivity index (χ3n) is 2.86. The second kappa shape index (κ2) is 5.01. The van der Waals surface area contributed by atoms with Crippen LogP contribution in [0, 0.1) is 23.0 Å². The molecule has 0 radical (unpaired) electrons. The normalized spacial score (nSPS) is 19.3. The summed E-state index contributed by atoms with van der Waals surface area (Å²) >= 11 is 3.33. The minimum Gasteiger partial charge on any atom is -0.291 e. The van der Waals surface area contributed by atoms with Crippen LogP contribution in [0.25, 0.3) is 0 Å². The third kappa shape index (κ3) is 2.35. The average molecular weight is 314 g/mol. The first-order chi connectivity index (χ1) is 8.52. The van der Waals surface area contributed by atoms with Gasteiger partial charge in [-0.2, -0.15) is 0 Å². The molecule has 0 aliphatic carbocycles. The van der Waals surface area contributed by atoms with Crippen molar-refractivity contribution in [3.63, 3.8) is 0 Å². The number of nitrogens with zero attached hydrogens (tertiary/aromatic N) is 3. The topological polar surface area (TPSA) is 76.3 Å². The standard InChI is InChI=1S/C11H12BrN3O3/c1-7-2-9(15(17)18)11(13-5-7)14-6-8(4-12)3-10(14)16/h2,5,8H,3-4,6H2,1H3. The average Bonchev–Trinajstić information content (AvgIpc) is 2.70. The van der Waals surface area contributed by atoms with Crippen molar-refractivity contribution in [2.24, 2.45) is 5.92 Å². The zero-order valence-corrected chi connectivity index (χ0v) is 11.4. The van der Waals surface area contributed by atoms with Crippen LogP contribution >= 0.6 is 15.9 Å². The molecule has 18 heavy (non-hydrogen) atoms. The maximum absolute atomic E-state index is 11.8. The molecule has 1 saturated heterocycles. The van der Waals surface area contributed by atoms with E-state index in [0.717, 1.165) is 0 Å². The van der Waals surface area contributed by atoms with Crippen LogP contribution in [0.2, 0.25) is 0 Å². The largest absolute Gasteiger partial charge is 0.312 e. The van der Waals surface area contributed by atoms with E-state index in [1.54, 1.807) is 6.92 Å². The Kier molecular flexibility index (Phi) is 3.60. The highest BCUT2D eigenvalue weighted by atomic mass is 79.9. The number of aromatic nitrogens is 1. The van der Waals surface area contributed by atoms with Gasteiger partial charge in [0.15, 0.2) is 0 Å². The fourth-order valence-corrected chi connectivity index (χ4v) is 2.41. The number of nitro groups is 1. The molecule has 0 N–H and O–H groups in total. The van der Waals surface area contributed by atoms with E-state index in [9.17, 15) is 14.9 Å². The van der Waals surface area contributed by atoms with Crippen LogP contribution in [0.5, 0.6) is 0 Å². The highest BCUT2D eigenvalue weighted by molar-refractivity contribution is 9.09. The number of halogens is 1. The van der Waals surface area contributed by atoms with Crippen LogP contribution in [0.1, 0.15) is 12.0 Å². The first kappa shape index (κ1) is 12.9. The first-order valence-corrected chi connectivity index (χ1v) is 6.62. The molecule has 7 heteroatoms. The lowest BCUT2D eigenvalue weighted by Crippen LogP contribution is -2.26. The molecule has 0 spiro atoms. The molecule has 1 unspecified atom stereocenters.